The Kier molecular flexibility index (Phi) is 5.71. The van der Waals surface area contributed by atoms with E-state index in [4.69, 9.17) is 4.28 Å². The SMILES string of the molecule is CC(C)C1=CC(=NOS(=O)(=O)c2ccccc2)C(C)(Br)C(Br)C1=O. The molecule has 0 radical (unpaired) electrons. The predicted molar refractivity (Wildman–Crippen MR) is 100 cm³/mol. The summed E-state index contributed by atoms with van der Waals surface area (Å²) in [5, 5.41) is 3.82. The first-order valence-corrected chi connectivity index (χ1v) is 10.3. The van der Waals surface area contributed by atoms with E-state index < -0.39 is 19.3 Å². The monoisotopic (exact) mass is 477 g/mol. The molecule has 0 saturated carbocycles. The number of halogens is 2. The molecule has 5 nitrogen and oxygen atoms in total. The number of alkyl halides is 2. The minimum atomic E-state index is -4.02. The zero-order chi connectivity index (χ0) is 18.1. The topological polar surface area (TPSA) is 72.8 Å². The van der Waals surface area contributed by atoms with Crippen LogP contribution in [-0.4, -0.2) is 29.1 Å². The van der Waals surface area contributed by atoms with E-state index in [0.717, 1.165) is 0 Å². The molecule has 2 atom stereocenters. The third-order valence-electron chi connectivity index (χ3n) is 3.67. The molecule has 1 aromatic rings. The largest absolute Gasteiger partial charge is 0.358 e. The van der Waals surface area contributed by atoms with Gasteiger partial charge in [0.25, 0.3) is 0 Å². The molecular weight excluding hydrogens is 462 g/mol. The van der Waals surface area contributed by atoms with Gasteiger partial charge in [0.2, 0.25) is 0 Å². The van der Waals surface area contributed by atoms with Gasteiger partial charge in [-0.3, -0.25) is 9.08 Å². The van der Waals surface area contributed by atoms with Gasteiger partial charge in [0.1, 0.15) is 4.90 Å². The van der Waals surface area contributed by atoms with E-state index >= 15 is 0 Å². The van der Waals surface area contributed by atoms with Crippen molar-refractivity contribution in [3.8, 4) is 0 Å². The Morgan fingerprint density at radius 2 is 1.83 bits per heavy atom. The van der Waals surface area contributed by atoms with E-state index in [1.165, 1.54) is 12.1 Å². The number of hydrogen-bond acceptors (Lipinski definition) is 5. The number of carbonyl (C=O) groups excluding carboxylic acids is 1. The Morgan fingerprint density at radius 1 is 1.25 bits per heavy atom. The standard InChI is InChI=1S/C16H17Br2NO4S/c1-10(2)12-9-13(16(3,18)15(17)14(12)20)19-23-24(21,22)11-7-5-4-6-8-11/h4-10,15H,1-3H3. The molecule has 1 aliphatic carbocycles. The number of carbonyl (C=O) groups is 1. The van der Waals surface area contributed by atoms with Crippen molar-refractivity contribution in [3.05, 3.63) is 42.0 Å². The van der Waals surface area contributed by atoms with Gasteiger partial charge in [-0.2, -0.15) is 8.42 Å². The van der Waals surface area contributed by atoms with Crippen molar-refractivity contribution in [2.45, 2.75) is 34.8 Å². The van der Waals surface area contributed by atoms with E-state index in [2.05, 4.69) is 37.0 Å². The number of nitrogens with zero attached hydrogens (tertiary/aromatic N) is 1. The van der Waals surface area contributed by atoms with Gasteiger partial charge in [-0.1, -0.05) is 69.1 Å². The number of allylic oxidation sites excluding steroid dienone is 2. The lowest BCUT2D eigenvalue weighted by Crippen LogP contribution is -2.46. The van der Waals surface area contributed by atoms with E-state index in [9.17, 15) is 13.2 Å². The summed E-state index contributed by atoms with van der Waals surface area (Å²) >= 11 is 6.81. The summed E-state index contributed by atoms with van der Waals surface area (Å²) in [6.07, 6.45) is 1.58. The third-order valence-corrected chi connectivity index (χ3v) is 7.60. The number of rotatable bonds is 4. The van der Waals surface area contributed by atoms with Gasteiger partial charge in [0, 0.05) is 5.57 Å². The fourth-order valence-corrected chi connectivity index (χ4v) is 3.82. The predicted octanol–water partition coefficient (Wildman–Crippen LogP) is 3.83. The second-order valence-electron chi connectivity index (χ2n) is 5.88. The minimum Gasteiger partial charge on any atom is -0.293 e. The summed E-state index contributed by atoms with van der Waals surface area (Å²) in [4.78, 5) is 11.8. The zero-order valence-corrected chi connectivity index (χ0v) is 17.4. The van der Waals surface area contributed by atoms with Crippen LogP contribution in [-0.2, 0) is 19.2 Å². The third kappa shape index (κ3) is 3.81. The smallest absolute Gasteiger partial charge is 0.293 e. The summed E-state index contributed by atoms with van der Waals surface area (Å²) in [5.41, 5.74) is 0.889. The van der Waals surface area contributed by atoms with Gasteiger partial charge in [-0.25, -0.2) is 0 Å². The van der Waals surface area contributed by atoms with Crippen LogP contribution in [0.4, 0.5) is 0 Å². The van der Waals surface area contributed by atoms with Gasteiger partial charge in [-0.15, -0.1) is 0 Å². The quantitative estimate of drug-likeness (QED) is 0.487. The fraction of sp³-hybridized carbons (Fsp3) is 0.375. The maximum absolute atomic E-state index is 12.4. The van der Waals surface area contributed by atoms with Crippen LogP contribution in [0.5, 0.6) is 0 Å². The Balaban J connectivity index is 2.42. The highest BCUT2D eigenvalue weighted by Crippen LogP contribution is 2.38. The van der Waals surface area contributed by atoms with Gasteiger partial charge in [-0.05, 0) is 31.1 Å². The van der Waals surface area contributed by atoms with Gasteiger partial charge in [0.05, 0.1) is 14.9 Å². The molecule has 0 heterocycles. The van der Waals surface area contributed by atoms with Crippen LogP contribution in [0.25, 0.3) is 0 Å². The molecule has 0 N–H and O–H groups in total. The number of oxime groups is 1. The van der Waals surface area contributed by atoms with Crippen LogP contribution in [0.2, 0.25) is 0 Å². The molecule has 0 aromatic heterocycles. The van der Waals surface area contributed by atoms with Crippen LogP contribution < -0.4 is 0 Å². The number of benzene rings is 1. The van der Waals surface area contributed by atoms with Crippen LogP contribution >= 0.6 is 31.9 Å². The average Bonchev–Trinajstić information content (AvgIpc) is 2.52. The maximum Gasteiger partial charge on any atom is 0.358 e. The summed E-state index contributed by atoms with van der Waals surface area (Å²) in [5.74, 6) is -0.0775. The summed E-state index contributed by atoms with van der Waals surface area (Å²) in [7, 11) is -4.02. The Morgan fingerprint density at radius 3 is 2.38 bits per heavy atom. The Bertz CT molecular complexity index is 799. The van der Waals surface area contributed by atoms with E-state index in [1.807, 2.05) is 13.8 Å². The number of hydrogen-bond donors (Lipinski definition) is 0. The van der Waals surface area contributed by atoms with Crippen molar-refractivity contribution in [1.29, 1.82) is 0 Å². The van der Waals surface area contributed by atoms with Crippen molar-refractivity contribution in [2.75, 3.05) is 0 Å². The lowest BCUT2D eigenvalue weighted by Gasteiger charge is -2.33. The molecule has 2 rings (SSSR count). The summed E-state index contributed by atoms with van der Waals surface area (Å²) < 4.78 is 28.4. The molecule has 0 saturated heterocycles. The molecule has 0 fully saturated rings. The van der Waals surface area contributed by atoms with Crippen LogP contribution in [0, 0.1) is 5.92 Å². The van der Waals surface area contributed by atoms with Crippen molar-refractivity contribution in [3.63, 3.8) is 0 Å². The summed E-state index contributed by atoms with van der Waals surface area (Å²) in [6.45, 7) is 5.51. The fourth-order valence-electron chi connectivity index (χ4n) is 2.17. The molecule has 0 aliphatic heterocycles. The second kappa shape index (κ2) is 7.09. The highest BCUT2D eigenvalue weighted by Gasteiger charge is 2.45. The number of Topliss-reactive ketones (excluding diaryl/α,β-unsaturated/α-hetero) is 1. The minimum absolute atomic E-state index is 0.0148. The van der Waals surface area contributed by atoms with Crippen LogP contribution in [0.15, 0.2) is 52.0 Å². The first-order valence-electron chi connectivity index (χ1n) is 7.23. The van der Waals surface area contributed by atoms with Crippen LogP contribution in [0.1, 0.15) is 20.8 Å². The average molecular weight is 479 g/mol. The molecule has 1 aliphatic rings. The first kappa shape index (κ1) is 19.3. The van der Waals surface area contributed by atoms with E-state index in [1.54, 1.807) is 31.2 Å². The molecule has 0 bridgehead atoms. The van der Waals surface area contributed by atoms with Gasteiger partial charge in [0.15, 0.2) is 5.78 Å². The molecule has 0 spiro atoms. The molecule has 2 unspecified atom stereocenters. The maximum atomic E-state index is 12.4. The van der Waals surface area contributed by atoms with Gasteiger partial charge < -0.3 is 0 Å². The molecule has 130 valence electrons. The lowest BCUT2D eigenvalue weighted by molar-refractivity contribution is -0.115. The zero-order valence-electron chi connectivity index (χ0n) is 13.4. The van der Waals surface area contributed by atoms with Crippen molar-refractivity contribution >= 4 is 53.5 Å². The highest BCUT2D eigenvalue weighted by atomic mass is 79.9. The Labute approximate surface area is 158 Å². The highest BCUT2D eigenvalue weighted by molar-refractivity contribution is 9.13. The molecule has 24 heavy (non-hydrogen) atoms. The molecular formula is C16H17Br2NO4S. The van der Waals surface area contributed by atoms with E-state index in [0.29, 0.717) is 11.3 Å². The molecule has 1 aromatic carbocycles. The van der Waals surface area contributed by atoms with Gasteiger partial charge >= 0.3 is 10.1 Å². The lowest BCUT2D eigenvalue weighted by atomic mass is 9.83. The molecule has 8 heteroatoms. The Hall–Kier alpha value is -0.990. The van der Waals surface area contributed by atoms with Crippen molar-refractivity contribution in [2.24, 2.45) is 11.1 Å². The van der Waals surface area contributed by atoms with Crippen molar-refractivity contribution in [1.82, 2.24) is 0 Å². The first-order chi connectivity index (χ1) is 11.1. The normalized spacial score (nSPS) is 26.6. The number of ketones is 1. The van der Waals surface area contributed by atoms with Crippen molar-refractivity contribution < 1.29 is 17.5 Å². The van der Waals surface area contributed by atoms with E-state index in [-0.39, 0.29) is 16.6 Å². The second-order valence-corrected chi connectivity index (χ2v) is 9.97. The molecule has 0 amide bonds. The summed E-state index contributed by atoms with van der Waals surface area (Å²) in [6, 6.07) is 7.76. The van der Waals surface area contributed by atoms with Crippen LogP contribution in [0.3, 0.4) is 0 Å².